The van der Waals surface area contributed by atoms with Gasteiger partial charge in [0.1, 0.15) is 0 Å². The van der Waals surface area contributed by atoms with Crippen molar-refractivity contribution in [2.24, 2.45) is 0 Å². The van der Waals surface area contributed by atoms with Crippen LogP contribution in [0, 0.1) is 0 Å². The third-order valence-corrected chi connectivity index (χ3v) is 5.96. The Kier molecular flexibility index (Phi) is 6.07. The molecule has 1 atom stereocenters. The van der Waals surface area contributed by atoms with Crippen molar-refractivity contribution in [3.05, 3.63) is 95.0 Å². The van der Waals surface area contributed by atoms with Gasteiger partial charge in [-0.2, -0.15) is 0 Å². The van der Waals surface area contributed by atoms with E-state index in [4.69, 9.17) is 11.6 Å². The summed E-state index contributed by atoms with van der Waals surface area (Å²) in [7, 11) is 0. The fourth-order valence-corrected chi connectivity index (χ4v) is 4.27. The van der Waals surface area contributed by atoms with Crippen molar-refractivity contribution in [3.63, 3.8) is 0 Å². The molecule has 1 aliphatic rings. The van der Waals surface area contributed by atoms with Gasteiger partial charge in [0.25, 0.3) is 0 Å². The summed E-state index contributed by atoms with van der Waals surface area (Å²) in [4.78, 5) is 14.8. The molecule has 1 fully saturated rings. The second-order valence-electron chi connectivity index (χ2n) is 8.17. The highest BCUT2D eigenvalue weighted by atomic mass is 35.5. The molecule has 1 unspecified atom stereocenters. The van der Waals surface area contributed by atoms with E-state index in [1.807, 2.05) is 12.1 Å². The van der Waals surface area contributed by atoms with Crippen LogP contribution < -0.4 is 10.6 Å². The molecule has 0 spiro atoms. The topological polar surface area (TPSA) is 44.4 Å². The molecule has 2 N–H and O–H groups in total. The normalized spacial score (nSPS) is 18.9. The third kappa shape index (κ3) is 5.02. The van der Waals surface area contributed by atoms with Crippen LogP contribution in [0.3, 0.4) is 0 Å². The summed E-state index contributed by atoms with van der Waals surface area (Å²) in [6.07, 6.45) is 1.13. The maximum Gasteiger partial charge on any atom is 0.323 e. The Morgan fingerprint density at radius 2 is 1.70 bits per heavy atom. The fourth-order valence-electron chi connectivity index (χ4n) is 4.08. The van der Waals surface area contributed by atoms with Gasteiger partial charge in [0.15, 0.2) is 0 Å². The number of nitrogens with zero attached hydrogens (tertiary/aromatic N) is 1. The predicted molar refractivity (Wildman–Crippen MR) is 124 cm³/mol. The molecule has 30 heavy (non-hydrogen) atoms. The molecule has 2 amide bonds. The Morgan fingerprint density at radius 3 is 2.43 bits per heavy atom. The van der Waals surface area contributed by atoms with E-state index in [1.54, 1.807) is 24.3 Å². The first-order valence-electron chi connectivity index (χ1n) is 10.2. The van der Waals surface area contributed by atoms with Crippen LogP contribution in [0.15, 0.2) is 78.9 Å². The largest absolute Gasteiger partial charge is 0.323 e. The van der Waals surface area contributed by atoms with Crippen LogP contribution in [-0.4, -0.2) is 24.0 Å². The molecule has 0 radical (unpaired) electrons. The zero-order chi connectivity index (χ0) is 21.0. The summed E-state index contributed by atoms with van der Waals surface area (Å²) >= 11 is 5.96. The average Bonchev–Trinajstić information content (AvgIpc) is 3.11. The molecule has 1 heterocycles. The molecular formula is C25H26ClN3O. The highest BCUT2D eigenvalue weighted by molar-refractivity contribution is 6.30. The summed E-state index contributed by atoms with van der Waals surface area (Å²) in [5, 5.41) is 6.26. The maximum atomic E-state index is 12.2. The number of carbonyl (C=O) groups is 1. The molecule has 1 saturated heterocycles. The van der Waals surface area contributed by atoms with Crippen molar-refractivity contribution in [1.29, 1.82) is 0 Å². The highest BCUT2D eigenvalue weighted by Gasteiger charge is 2.35. The van der Waals surface area contributed by atoms with E-state index < -0.39 is 0 Å². The number of anilines is 2. The minimum absolute atomic E-state index is 0.121. The summed E-state index contributed by atoms with van der Waals surface area (Å²) in [5.74, 6) is 0. The summed E-state index contributed by atoms with van der Waals surface area (Å²) in [6, 6.07) is 25.6. The maximum absolute atomic E-state index is 12.2. The molecule has 0 aromatic heterocycles. The van der Waals surface area contributed by atoms with Crippen molar-refractivity contribution in [2.45, 2.75) is 25.3 Å². The second kappa shape index (κ2) is 8.90. The predicted octanol–water partition coefficient (Wildman–Crippen LogP) is 6.15. The van der Waals surface area contributed by atoms with Crippen molar-refractivity contribution >= 4 is 29.0 Å². The van der Waals surface area contributed by atoms with Crippen LogP contribution in [0.4, 0.5) is 16.2 Å². The Bertz CT molecular complexity index is 1010. The number of hydrogen-bond donors (Lipinski definition) is 2. The number of halogens is 1. The highest BCUT2D eigenvalue weighted by Crippen LogP contribution is 2.35. The van der Waals surface area contributed by atoms with Gasteiger partial charge in [0.05, 0.1) is 0 Å². The van der Waals surface area contributed by atoms with Crippen molar-refractivity contribution in [2.75, 3.05) is 23.7 Å². The molecule has 3 aromatic rings. The lowest BCUT2D eigenvalue weighted by Crippen LogP contribution is -2.28. The average molecular weight is 420 g/mol. The number of urea groups is 1. The van der Waals surface area contributed by atoms with E-state index >= 15 is 0 Å². The van der Waals surface area contributed by atoms with Crippen LogP contribution in [-0.2, 0) is 12.0 Å². The lowest BCUT2D eigenvalue weighted by molar-refractivity contribution is 0.262. The van der Waals surface area contributed by atoms with Crippen LogP contribution in [0.2, 0.25) is 5.02 Å². The minimum Gasteiger partial charge on any atom is -0.308 e. The Morgan fingerprint density at radius 1 is 0.967 bits per heavy atom. The molecule has 0 aliphatic carbocycles. The first-order chi connectivity index (χ1) is 14.5. The smallest absolute Gasteiger partial charge is 0.308 e. The number of hydrogen-bond acceptors (Lipinski definition) is 2. The van der Waals surface area contributed by atoms with Crippen LogP contribution in [0.1, 0.15) is 24.5 Å². The zero-order valence-electron chi connectivity index (χ0n) is 17.1. The molecule has 5 heteroatoms. The minimum atomic E-state index is -0.286. The summed E-state index contributed by atoms with van der Waals surface area (Å²) in [5.41, 5.74) is 4.21. The van der Waals surface area contributed by atoms with Gasteiger partial charge in [-0.3, -0.25) is 4.90 Å². The van der Waals surface area contributed by atoms with Gasteiger partial charge in [-0.1, -0.05) is 67.1 Å². The van der Waals surface area contributed by atoms with E-state index in [0.29, 0.717) is 10.7 Å². The first-order valence-corrected chi connectivity index (χ1v) is 10.6. The fraction of sp³-hybridized carbons (Fsp3) is 0.240. The Balaban J connectivity index is 1.35. The van der Waals surface area contributed by atoms with Gasteiger partial charge >= 0.3 is 6.03 Å². The van der Waals surface area contributed by atoms with E-state index in [2.05, 4.69) is 64.9 Å². The van der Waals surface area contributed by atoms with E-state index in [1.165, 1.54) is 11.1 Å². The van der Waals surface area contributed by atoms with Crippen molar-refractivity contribution in [1.82, 2.24) is 4.90 Å². The number of nitrogens with one attached hydrogen (secondary N) is 2. The van der Waals surface area contributed by atoms with Gasteiger partial charge in [-0.05, 0) is 54.4 Å². The molecule has 1 aliphatic heterocycles. The van der Waals surface area contributed by atoms with Crippen LogP contribution in [0.25, 0.3) is 0 Å². The quantitative estimate of drug-likeness (QED) is 0.521. The van der Waals surface area contributed by atoms with Gasteiger partial charge < -0.3 is 10.6 Å². The number of likely N-dealkylation sites (tertiary alicyclic amines) is 1. The standard InChI is InChI=1S/C25H26ClN3O/c1-25(14-15-29(18-25)17-19-6-3-2-4-7-19)20-10-12-22(13-11-20)27-24(30)28-23-9-5-8-21(26)16-23/h2-13,16H,14-15,17-18H2,1H3,(H2,27,28,30). The van der Waals surface area contributed by atoms with E-state index in [-0.39, 0.29) is 11.4 Å². The molecule has 0 bridgehead atoms. The van der Waals surface area contributed by atoms with E-state index in [9.17, 15) is 4.79 Å². The van der Waals surface area contributed by atoms with E-state index in [0.717, 1.165) is 31.7 Å². The van der Waals surface area contributed by atoms with Crippen LogP contribution in [0.5, 0.6) is 0 Å². The number of amides is 2. The lowest BCUT2D eigenvalue weighted by Gasteiger charge is -2.26. The first kappa shape index (κ1) is 20.5. The number of benzene rings is 3. The second-order valence-corrected chi connectivity index (χ2v) is 8.61. The van der Waals surface area contributed by atoms with Crippen molar-refractivity contribution < 1.29 is 4.79 Å². The SMILES string of the molecule is CC1(c2ccc(NC(=O)Nc3cccc(Cl)c3)cc2)CCN(Cc2ccccc2)C1. The Labute approximate surface area is 182 Å². The Hall–Kier alpha value is -2.82. The van der Waals surface area contributed by atoms with Gasteiger partial charge in [0, 0.05) is 34.9 Å². The number of carbonyl (C=O) groups excluding carboxylic acids is 1. The molecule has 4 rings (SSSR count). The zero-order valence-corrected chi connectivity index (χ0v) is 17.8. The molecule has 0 saturated carbocycles. The van der Waals surface area contributed by atoms with Crippen LogP contribution >= 0.6 is 11.6 Å². The summed E-state index contributed by atoms with van der Waals surface area (Å²) in [6.45, 7) is 5.43. The van der Waals surface area contributed by atoms with Gasteiger partial charge in [-0.15, -0.1) is 0 Å². The van der Waals surface area contributed by atoms with Crippen molar-refractivity contribution in [3.8, 4) is 0 Å². The molecular weight excluding hydrogens is 394 g/mol. The monoisotopic (exact) mass is 419 g/mol. The summed E-state index contributed by atoms with van der Waals surface area (Å²) < 4.78 is 0. The molecule has 4 nitrogen and oxygen atoms in total. The van der Waals surface area contributed by atoms with Gasteiger partial charge in [-0.25, -0.2) is 4.79 Å². The number of rotatable bonds is 5. The van der Waals surface area contributed by atoms with Gasteiger partial charge in [0.2, 0.25) is 0 Å². The third-order valence-electron chi connectivity index (χ3n) is 5.72. The molecule has 154 valence electrons. The lowest BCUT2D eigenvalue weighted by atomic mass is 9.82. The molecule has 3 aromatic carbocycles.